The summed E-state index contributed by atoms with van der Waals surface area (Å²) in [6.45, 7) is 1.18. The van der Waals surface area contributed by atoms with Crippen LogP contribution in [0.3, 0.4) is 0 Å². The predicted molar refractivity (Wildman–Crippen MR) is 91.5 cm³/mol. The molecular formula is C16H13ClN2OS2. The summed E-state index contributed by atoms with van der Waals surface area (Å²) in [5.74, 6) is -0.0360. The number of hydrogen-bond acceptors (Lipinski definition) is 4. The molecule has 0 spiro atoms. The van der Waals surface area contributed by atoms with E-state index in [1.807, 2.05) is 39.9 Å². The van der Waals surface area contributed by atoms with E-state index in [1.54, 1.807) is 41.0 Å². The zero-order valence-electron chi connectivity index (χ0n) is 11.6. The van der Waals surface area contributed by atoms with Crippen molar-refractivity contribution in [2.75, 3.05) is 0 Å². The highest BCUT2D eigenvalue weighted by molar-refractivity contribution is 7.10. The lowest BCUT2D eigenvalue weighted by molar-refractivity contribution is 0.0733. The van der Waals surface area contributed by atoms with Gasteiger partial charge in [0.1, 0.15) is 5.15 Å². The molecule has 0 saturated carbocycles. The Morgan fingerprint density at radius 3 is 2.23 bits per heavy atom. The van der Waals surface area contributed by atoms with Crippen LogP contribution in [0.15, 0.2) is 53.4 Å². The molecule has 3 aromatic heterocycles. The van der Waals surface area contributed by atoms with E-state index in [9.17, 15) is 4.79 Å². The molecule has 3 rings (SSSR count). The number of rotatable bonds is 5. The lowest BCUT2D eigenvalue weighted by atomic mass is 10.2. The third-order valence-corrected chi connectivity index (χ3v) is 5.04. The Labute approximate surface area is 141 Å². The van der Waals surface area contributed by atoms with Gasteiger partial charge >= 0.3 is 0 Å². The molecule has 0 aliphatic rings. The Morgan fingerprint density at radius 1 is 1.09 bits per heavy atom. The van der Waals surface area contributed by atoms with E-state index in [0.717, 1.165) is 9.75 Å². The van der Waals surface area contributed by atoms with Crippen LogP contribution in [0.4, 0.5) is 0 Å². The molecule has 0 aliphatic carbocycles. The van der Waals surface area contributed by atoms with Gasteiger partial charge in [-0.15, -0.1) is 22.7 Å². The monoisotopic (exact) mass is 348 g/mol. The van der Waals surface area contributed by atoms with Crippen molar-refractivity contribution in [1.29, 1.82) is 0 Å². The molecule has 3 aromatic rings. The maximum absolute atomic E-state index is 12.8. The number of aromatic nitrogens is 1. The van der Waals surface area contributed by atoms with E-state index in [0.29, 0.717) is 23.8 Å². The largest absolute Gasteiger partial charge is 0.328 e. The van der Waals surface area contributed by atoms with Gasteiger partial charge in [0, 0.05) is 21.5 Å². The minimum absolute atomic E-state index is 0.0360. The number of amides is 1. The van der Waals surface area contributed by atoms with Gasteiger partial charge in [-0.05, 0) is 35.0 Å². The van der Waals surface area contributed by atoms with Crippen LogP contribution in [0.1, 0.15) is 20.1 Å². The molecular weight excluding hydrogens is 336 g/mol. The second-order valence-corrected chi connectivity index (χ2v) is 7.14. The maximum Gasteiger partial charge on any atom is 0.254 e. The fourth-order valence-corrected chi connectivity index (χ4v) is 3.71. The van der Waals surface area contributed by atoms with Crippen molar-refractivity contribution in [3.05, 3.63) is 73.8 Å². The summed E-state index contributed by atoms with van der Waals surface area (Å²) < 4.78 is 0. The van der Waals surface area contributed by atoms with E-state index in [4.69, 9.17) is 11.6 Å². The first-order valence-electron chi connectivity index (χ1n) is 6.68. The quantitative estimate of drug-likeness (QED) is 0.626. The molecule has 22 heavy (non-hydrogen) atoms. The van der Waals surface area contributed by atoms with Gasteiger partial charge in [-0.2, -0.15) is 0 Å². The Balaban J connectivity index is 1.85. The normalized spacial score (nSPS) is 10.6. The Kier molecular flexibility index (Phi) is 4.87. The number of hydrogen-bond donors (Lipinski definition) is 0. The fraction of sp³-hybridized carbons (Fsp3) is 0.125. The van der Waals surface area contributed by atoms with Gasteiger partial charge in [0.05, 0.1) is 13.1 Å². The Bertz CT molecular complexity index is 705. The summed E-state index contributed by atoms with van der Waals surface area (Å²) in [6.07, 6.45) is 1.56. The second kappa shape index (κ2) is 7.05. The molecule has 0 radical (unpaired) electrons. The first-order valence-corrected chi connectivity index (χ1v) is 8.82. The molecule has 3 nitrogen and oxygen atoms in total. The van der Waals surface area contributed by atoms with Crippen molar-refractivity contribution in [3.63, 3.8) is 0 Å². The molecule has 0 fully saturated rings. The summed E-state index contributed by atoms with van der Waals surface area (Å²) in [6, 6.07) is 11.4. The lowest BCUT2D eigenvalue weighted by Gasteiger charge is -2.21. The minimum atomic E-state index is -0.0360. The Hall–Kier alpha value is -1.69. The van der Waals surface area contributed by atoms with Crippen molar-refractivity contribution in [2.45, 2.75) is 13.1 Å². The first-order chi connectivity index (χ1) is 10.7. The van der Waals surface area contributed by atoms with Crippen LogP contribution in [0.25, 0.3) is 0 Å². The maximum atomic E-state index is 12.8. The lowest BCUT2D eigenvalue weighted by Crippen LogP contribution is -2.29. The third-order valence-electron chi connectivity index (χ3n) is 3.11. The van der Waals surface area contributed by atoms with Crippen LogP contribution in [0.5, 0.6) is 0 Å². The molecule has 0 bridgehead atoms. The molecule has 0 saturated heterocycles. The average molecular weight is 349 g/mol. The number of thiophene rings is 2. The zero-order valence-corrected chi connectivity index (χ0v) is 14.0. The van der Waals surface area contributed by atoms with E-state index in [2.05, 4.69) is 4.98 Å². The van der Waals surface area contributed by atoms with Crippen molar-refractivity contribution >= 4 is 40.2 Å². The first kappa shape index (κ1) is 15.2. The summed E-state index contributed by atoms with van der Waals surface area (Å²) in [5, 5.41) is 4.37. The van der Waals surface area contributed by atoms with Crippen molar-refractivity contribution in [1.82, 2.24) is 9.88 Å². The molecule has 0 aliphatic heterocycles. The highest BCUT2D eigenvalue weighted by Crippen LogP contribution is 2.20. The van der Waals surface area contributed by atoms with E-state index < -0.39 is 0 Å². The van der Waals surface area contributed by atoms with Gasteiger partial charge in [-0.1, -0.05) is 23.7 Å². The van der Waals surface area contributed by atoms with E-state index in [1.165, 1.54) is 0 Å². The Morgan fingerprint density at radius 2 is 1.73 bits per heavy atom. The SMILES string of the molecule is O=C(c1ccnc(Cl)c1)N(Cc1cccs1)Cc1cccs1. The fourth-order valence-electron chi connectivity index (χ4n) is 2.10. The average Bonchev–Trinajstić information content (AvgIpc) is 3.19. The molecule has 0 atom stereocenters. The van der Waals surface area contributed by atoms with Crippen LogP contribution in [-0.2, 0) is 13.1 Å². The van der Waals surface area contributed by atoms with Crippen molar-refractivity contribution in [3.8, 4) is 0 Å². The van der Waals surface area contributed by atoms with Crippen LogP contribution in [-0.4, -0.2) is 15.8 Å². The van der Waals surface area contributed by atoms with Crippen molar-refractivity contribution < 1.29 is 4.79 Å². The standard InChI is InChI=1S/C16H13ClN2OS2/c17-15-9-12(5-6-18-15)16(20)19(10-13-3-1-7-21-13)11-14-4-2-8-22-14/h1-9H,10-11H2. The molecule has 3 heterocycles. The summed E-state index contributed by atoms with van der Waals surface area (Å²) >= 11 is 9.20. The number of carbonyl (C=O) groups is 1. The number of nitrogens with zero attached hydrogens (tertiary/aromatic N) is 2. The van der Waals surface area contributed by atoms with Crippen LogP contribution in [0.2, 0.25) is 5.15 Å². The zero-order chi connectivity index (χ0) is 15.4. The van der Waals surface area contributed by atoms with Gasteiger partial charge in [-0.25, -0.2) is 4.98 Å². The van der Waals surface area contributed by atoms with Crippen LogP contribution < -0.4 is 0 Å². The third kappa shape index (κ3) is 3.74. The van der Waals surface area contributed by atoms with Gasteiger partial charge in [0.15, 0.2) is 0 Å². The minimum Gasteiger partial charge on any atom is -0.328 e. The summed E-state index contributed by atoms with van der Waals surface area (Å²) in [7, 11) is 0. The summed E-state index contributed by atoms with van der Waals surface area (Å²) in [5.41, 5.74) is 0.563. The molecule has 0 unspecified atom stereocenters. The molecule has 6 heteroatoms. The number of carbonyl (C=O) groups excluding carboxylic acids is 1. The molecule has 112 valence electrons. The number of halogens is 1. The topological polar surface area (TPSA) is 33.2 Å². The predicted octanol–water partition coefficient (Wildman–Crippen LogP) is 4.70. The van der Waals surface area contributed by atoms with Gasteiger partial charge < -0.3 is 4.90 Å². The highest BCUT2D eigenvalue weighted by atomic mass is 35.5. The van der Waals surface area contributed by atoms with Crippen molar-refractivity contribution in [2.24, 2.45) is 0 Å². The number of pyridine rings is 1. The van der Waals surface area contributed by atoms with Gasteiger partial charge in [-0.3, -0.25) is 4.79 Å². The molecule has 1 amide bonds. The van der Waals surface area contributed by atoms with E-state index in [-0.39, 0.29) is 5.91 Å². The molecule has 0 N–H and O–H groups in total. The second-order valence-electron chi connectivity index (χ2n) is 4.69. The van der Waals surface area contributed by atoms with E-state index >= 15 is 0 Å². The molecule has 0 aromatic carbocycles. The summed E-state index contributed by atoms with van der Waals surface area (Å²) in [4.78, 5) is 20.9. The van der Waals surface area contributed by atoms with Gasteiger partial charge in [0.25, 0.3) is 5.91 Å². The highest BCUT2D eigenvalue weighted by Gasteiger charge is 2.18. The van der Waals surface area contributed by atoms with Crippen LogP contribution in [0, 0.1) is 0 Å². The van der Waals surface area contributed by atoms with Gasteiger partial charge in [0.2, 0.25) is 0 Å². The smallest absolute Gasteiger partial charge is 0.254 e. The van der Waals surface area contributed by atoms with Crippen LogP contribution >= 0.6 is 34.3 Å².